The smallest absolute Gasteiger partial charge is 0.0122 e. The van der Waals surface area contributed by atoms with E-state index >= 15 is 0 Å². The molecule has 1 rings (SSSR count). The molecular weight excluding hydrogens is 206 g/mol. The Balaban J connectivity index is 2.73. The topological polar surface area (TPSA) is 3.24 Å². The molecule has 1 fully saturated rings. The Morgan fingerprint density at radius 1 is 0.765 bits per heavy atom. The molecule has 0 N–H and O–H groups in total. The lowest BCUT2D eigenvalue weighted by Gasteiger charge is -2.41. The van der Waals surface area contributed by atoms with Crippen LogP contribution in [-0.4, -0.2) is 25.0 Å². The van der Waals surface area contributed by atoms with Crippen LogP contribution < -0.4 is 0 Å². The monoisotopic (exact) mass is 239 g/mol. The fourth-order valence-electron chi connectivity index (χ4n) is 3.45. The first-order chi connectivity index (χ1) is 7.93. The average Bonchev–Trinajstić information content (AvgIpc) is 2.23. The van der Waals surface area contributed by atoms with E-state index in [1.165, 1.54) is 51.4 Å². The van der Waals surface area contributed by atoms with Crippen molar-refractivity contribution in [3.8, 4) is 0 Å². The average molecular weight is 239 g/mol. The molecule has 0 saturated heterocycles. The fraction of sp³-hybridized carbons (Fsp3) is 1.00. The quantitative estimate of drug-likeness (QED) is 0.640. The molecule has 1 aliphatic rings. The lowest BCUT2D eigenvalue weighted by Crippen LogP contribution is -2.41. The van der Waals surface area contributed by atoms with Gasteiger partial charge in [0.05, 0.1) is 0 Å². The Kier molecular flexibility index (Phi) is 5.99. The molecule has 2 unspecified atom stereocenters. The maximum absolute atomic E-state index is 2.48. The zero-order valence-corrected chi connectivity index (χ0v) is 12.8. The van der Waals surface area contributed by atoms with Gasteiger partial charge in [-0.3, -0.25) is 0 Å². The van der Waals surface area contributed by atoms with Crippen molar-refractivity contribution in [2.24, 2.45) is 11.3 Å². The van der Waals surface area contributed by atoms with Crippen molar-refractivity contribution in [3.05, 3.63) is 0 Å². The molecule has 0 aromatic rings. The molecule has 1 aliphatic carbocycles. The van der Waals surface area contributed by atoms with Crippen LogP contribution in [0.15, 0.2) is 0 Å². The number of hydrogen-bond donors (Lipinski definition) is 0. The zero-order valence-electron chi connectivity index (χ0n) is 12.8. The van der Waals surface area contributed by atoms with Crippen molar-refractivity contribution < 1.29 is 0 Å². The molecule has 0 radical (unpaired) electrons. The first-order valence-corrected chi connectivity index (χ1v) is 7.59. The third-order valence-electron chi connectivity index (χ3n) is 4.51. The minimum absolute atomic E-state index is 0.453. The third kappa shape index (κ3) is 4.99. The molecule has 1 heteroatoms. The maximum Gasteiger partial charge on any atom is 0.0122 e. The standard InChI is InChI=1S/C16H33N/c1-16(2,3)14-12-10-8-6-7-9-11-13-15(14)17(4)5/h14-15H,6-13H2,1-5H3. The maximum atomic E-state index is 2.48. The van der Waals surface area contributed by atoms with Gasteiger partial charge in [-0.05, 0) is 38.3 Å². The van der Waals surface area contributed by atoms with Gasteiger partial charge in [-0.25, -0.2) is 0 Å². The largest absolute Gasteiger partial charge is 0.306 e. The second-order valence-electron chi connectivity index (χ2n) is 7.20. The van der Waals surface area contributed by atoms with Crippen LogP contribution >= 0.6 is 0 Å². The molecule has 0 heterocycles. The summed E-state index contributed by atoms with van der Waals surface area (Å²) in [5.41, 5.74) is 0.453. The van der Waals surface area contributed by atoms with E-state index in [9.17, 15) is 0 Å². The first kappa shape index (κ1) is 15.0. The highest BCUT2D eigenvalue weighted by atomic mass is 15.1. The number of nitrogens with zero attached hydrogens (tertiary/aromatic N) is 1. The van der Waals surface area contributed by atoms with Crippen LogP contribution in [0.2, 0.25) is 0 Å². The summed E-state index contributed by atoms with van der Waals surface area (Å²) in [7, 11) is 4.55. The second-order valence-corrected chi connectivity index (χ2v) is 7.20. The van der Waals surface area contributed by atoms with Crippen LogP contribution in [0, 0.1) is 11.3 Å². The van der Waals surface area contributed by atoms with Crippen molar-refractivity contribution in [1.29, 1.82) is 0 Å². The predicted molar refractivity (Wildman–Crippen MR) is 77.4 cm³/mol. The predicted octanol–water partition coefficient (Wildman–Crippen LogP) is 4.71. The molecule has 0 spiro atoms. The van der Waals surface area contributed by atoms with Crippen molar-refractivity contribution in [3.63, 3.8) is 0 Å². The molecule has 0 aromatic carbocycles. The highest BCUT2D eigenvalue weighted by Crippen LogP contribution is 2.37. The van der Waals surface area contributed by atoms with Gasteiger partial charge in [-0.1, -0.05) is 59.3 Å². The Morgan fingerprint density at radius 3 is 1.71 bits per heavy atom. The minimum Gasteiger partial charge on any atom is -0.306 e. The number of hydrogen-bond acceptors (Lipinski definition) is 1. The Hall–Kier alpha value is -0.0400. The molecule has 0 aromatic heterocycles. The van der Waals surface area contributed by atoms with Crippen LogP contribution in [0.5, 0.6) is 0 Å². The van der Waals surface area contributed by atoms with E-state index in [0.29, 0.717) is 5.41 Å². The molecule has 0 aliphatic heterocycles. The van der Waals surface area contributed by atoms with E-state index in [0.717, 1.165) is 12.0 Å². The molecule has 2 atom stereocenters. The van der Waals surface area contributed by atoms with Crippen molar-refractivity contribution in [2.75, 3.05) is 14.1 Å². The van der Waals surface area contributed by atoms with Crippen molar-refractivity contribution >= 4 is 0 Å². The van der Waals surface area contributed by atoms with Crippen LogP contribution in [0.1, 0.15) is 72.1 Å². The van der Waals surface area contributed by atoms with E-state index < -0.39 is 0 Å². The summed E-state index contributed by atoms with van der Waals surface area (Å²) in [6, 6.07) is 0.785. The fourth-order valence-corrected chi connectivity index (χ4v) is 3.45. The van der Waals surface area contributed by atoms with E-state index in [2.05, 4.69) is 39.8 Å². The van der Waals surface area contributed by atoms with E-state index in [4.69, 9.17) is 0 Å². The molecule has 102 valence electrons. The first-order valence-electron chi connectivity index (χ1n) is 7.59. The Labute approximate surface area is 109 Å². The molecule has 0 bridgehead atoms. The Bertz CT molecular complexity index is 202. The van der Waals surface area contributed by atoms with Gasteiger partial charge in [-0.15, -0.1) is 0 Å². The van der Waals surface area contributed by atoms with Crippen LogP contribution in [0.3, 0.4) is 0 Å². The van der Waals surface area contributed by atoms with Gasteiger partial charge in [-0.2, -0.15) is 0 Å². The van der Waals surface area contributed by atoms with Crippen molar-refractivity contribution in [2.45, 2.75) is 78.2 Å². The SMILES string of the molecule is CN(C)C1CCCCCCCCC1C(C)(C)C. The zero-order chi connectivity index (χ0) is 12.9. The third-order valence-corrected chi connectivity index (χ3v) is 4.51. The molecular formula is C16H33N. The summed E-state index contributed by atoms with van der Waals surface area (Å²) in [6.45, 7) is 7.29. The minimum atomic E-state index is 0.453. The molecule has 17 heavy (non-hydrogen) atoms. The lowest BCUT2D eigenvalue weighted by molar-refractivity contribution is 0.0895. The summed E-state index contributed by atoms with van der Waals surface area (Å²) in [6.07, 6.45) is 11.5. The summed E-state index contributed by atoms with van der Waals surface area (Å²) in [4.78, 5) is 2.48. The highest BCUT2D eigenvalue weighted by Gasteiger charge is 2.32. The summed E-state index contributed by atoms with van der Waals surface area (Å²) in [5, 5.41) is 0. The van der Waals surface area contributed by atoms with Gasteiger partial charge in [0.25, 0.3) is 0 Å². The van der Waals surface area contributed by atoms with E-state index in [1.54, 1.807) is 0 Å². The van der Waals surface area contributed by atoms with Crippen molar-refractivity contribution in [1.82, 2.24) is 4.90 Å². The van der Waals surface area contributed by atoms with Gasteiger partial charge in [0.15, 0.2) is 0 Å². The lowest BCUT2D eigenvalue weighted by atomic mass is 9.71. The normalized spacial score (nSPS) is 29.3. The van der Waals surface area contributed by atoms with E-state index in [-0.39, 0.29) is 0 Å². The Morgan fingerprint density at radius 2 is 1.24 bits per heavy atom. The molecule has 1 saturated carbocycles. The number of rotatable bonds is 1. The van der Waals surface area contributed by atoms with E-state index in [1.807, 2.05) is 0 Å². The molecule has 1 nitrogen and oxygen atoms in total. The molecule has 0 amide bonds. The summed E-state index contributed by atoms with van der Waals surface area (Å²) >= 11 is 0. The van der Waals surface area contributed by atoms with Crippen LogP contribution in [0.25, 0.3) is 0 Å². The van der Waals surface area contributed by atoms with Crippen LogP contribution in [-0.2, 0) is 0 Å². The van der Waals surface area contributed by atoms with Gasteiger partial charge in [0.2, 0.25) is 0 Å². The summed E-state index contributed by atoms with van der Waals surface area (Å²) in [5.74, 6) is 0.857. The highest BCUT2D eigenvalue weighted by molar-refractivity contribution is 4.85. The van der Waals surface area contributed by atoms with Gasteiger partial charge in [0.1, 0.15) is 0 Å². The second kappa shape index (κ2) is 6.78. The van der Waals surface area contributed by atoms with Gasteiger partial charge in [0, 0.05) is 6.04 Å². The summed E-state index contributed by atoms with van der Waals surface area (Å²) < 4.78 is 0. The van der Waals surface area contributed by atoms with Gasteiger partial charge < -0.3 is 4.90 Å². The van der Waals surface area contributed by atoms with Crippen LogP contribution in [0.4, 0.5) is 0 Å². The van der Waals surface area contributed by atoms with Gasteiger partial charge >= 0.3 is 0 Å².